The molecule has 1 aliphatic rings. The maximum Gasteiger partial charge on any atom is 0.416 e. The molecule has 176 valence electrons. The van der Waals surface area contributed by atoms with E-state index in [0.717, 1.165) is 23.3 Å². The third-order valence-electron chi connectivity index (χ3n) is 5.32. The molecule has 0 unspecified atom stereocenters. The lowest BCUT2D eigenvalue weighted by molar-refractivity contribution is -0.137. The molecule has 0 saturated carbocycles. The molecular formula is C25H21F3N2O3S. The first-order chi connectivity index (χ1) is 16.2. The van der Waals surface area contributed by atoms with E-state index >= 15 is 0 Å². The summed E-state index contributed by atoms with van der Waals surface area (Å²) in [6.07, 6.45) is -4.26. The molecule has 4 rings (SSSR count). The van der Waals surface area contributed by atoms with Crippen molar-refractivity contribution in [2.45, 2.75) is 18.0 Å². The van der Waals surface area contributed by atoms with Gasteiger partial charge in [-0.3, -0.25) is 14.5 Å². The highest BCUT2D eigenvalue weighted by Crippen LogP contribution is 2.43. The molecule has 0 bridgehead atoms. The molecule has 0 aromatic heterocycles. The molecule has 0 radical (unpaired) electrons. The molecule has 2 amide bonds. The first kappa shape index (κ1) is 23.7. The van der Waals surface area contributed by atoms with Gasteiger partial charge >= 0.3 is 6.18 Å². The van der Waals surface area contributed by atoms with Crippen LogP contribution in [0.25, 0.3) is 0 Å². The lowest BCUT2D eigenvalue weighted by Gasteiger charge is -2.25. The van der Waals surface area contributed by atoms with Crippen molar-refractivity contribution < 1.29 is 27.5 Å². The second-order valence-corrected chi connectivity index (χ2v) is 8.74. The summed E-state index contributed by atoms with van der Waals surface area (Å²) in [5.74, 6) is 0.526. The smallest absolute Gasteiger partial charge is 0.416 e. The van der Waals surface area contributed by atoms with Gasteiger partial charge in [-0.25, -0.2) is 0 Å². The number of hydrogen-bond donors (Lipinski definition) is 1. The molecule has 1 atom stereocenters. The number of thioether (sulfide) groups is 1. The lowest BCUT2D eigenvalue weighted by Crippen LogP contribution is -2.28. The van der Waals surface area contributed by atoms with Crippen LogP contribution in [0.4, 0.5) is 24.5 Å². The zero-order valence-corrected chi connectivity index (χ0v) is 19.0. The lowest BCUT2D eigenvalue weighted by atomic mass is 10.1. The summed E-state index contributed by atoms with van der Waals surface area (Å²) in [6, 6.07) is 18.9. The van der Waals surface area contributed by atoms with Gasteiger partial charge in [-0.15, -0.1) is 11.8 Å². The van der Waals surface area contributed by atoms with E-state index in [1.165, 1.54) is 28.8 Å². The van der Waals surface area contributed by atoms with Gasteiger partial charge in [0.2, 0.25) is 11.8 Å². The number of nitrogens with one attached hydrogen (secondary N) is 1. The van der Waals surface area contributed by atoms with E-state index in [9.17, 15) is 22.8 Å². The largest absolute Gasteiger partial charge is 0.497 e. The van der Waals surface area contributed by atoms with Crippen molar-refractivity contribution in [3.63, 3.8) is 0 Å². The van der Waals surface area contributed by atoms with E-state index in [1.807, 2.05) is 18.2 Å². The van der Waals surface area contributed by atoms with Gasteiger partial charge in [-0.2, -0.15) is 13.2 Å². The number of carbonyl (C=O) groups excluding carboxylic acids is 2. The highest BCUT2D eigenvalue weighted by Gasteiger charge is 2.35. The van der Waals surface area contributed by atoms with Crippen LogP contribution in [0, 0.1) is 0 Å². The normalized spacial score (nSPS) is 15.9. The molecule has 1 N–H and O–H groups in total. The molecule has 3 aromatic rings. The Morgan fingerprint density at radius 1 is 1.09 bits per heavy atom. The molecule has 34 heavy (non-hydrogen) atoms. The first-order valence-corrected chi connectivity index (χ1v) is 11.4. The minimum Gasteiger partial charge on any atom is -0.497 e. The average molecular weight is 487 g/mol. The van der Waals surface area contributed by atoms with Gasteiger partial charge in [-0.1, -0.05) is 24.3 Å². The minimum atomic E-state index is -4.44. The monoisotopic (exact) mass is 486 g/mol. The van der Waals surface area contributed by atoms with Crippen molar-refractivity contribution in [3.8, 4) is 5.75 Å². The number of benzene rings is 3. The molecular weight excluding hydrogens is 465 g/mol. The van der Waals surface area contributed by atoms with Crippen molar-refractivity contribution in [2.24, 2.45) is 0 Å². The second-order valence-electron chi connectivity index (χ2n) is 7.67. The number of ether oxygens (including phenoxy) is 1. The number of amides is 2. The Hall–Kier alpha value is -3.46. The number of methoxy groups -OCH3 is 1. The molecule has 5 nitrogen and oxygen atoms in total. The average Bonchev–Trinajstić information content (AvgIpc) is 3.20. The van der Waals surface area contributed by atoms with E-state index in [1.54, 1.807) is 37.4 Å². The van der Waals surface area contributed by atoms with Gasteiger partial charge in [0.1, 0.15) is 11.1 Å². The summed E-state index contributed by atoms with van der Waals surface area (Å²) in [7, 11) is 1.57. The standard InChI is InChI=1S/C25H21F3N2O3S/c1-33-21-11-5-16(6-12-21)13-22(31)29-19-4-2-3-17(14-19)24-30(23(32)15-34-24)20-9-7-18(8-10-20)25(26,27)28/h2-12,14,24H,13,15H2,1H3,(H,29,31)/t24-/m0/s1. The molecule has 1 aliphatic heterocycles. The van der Waals surface area contributed by atoms with Crippen LogP contribution in [-0.2, 0) is 22.2 Å². The molecule has 9 heteroatoms. The van der Waals surface area contributed by atoms with Crippen LogP contribution in [0.1, 0.15) is 22.1 Å². The number of hydrogen-bond acceptors (Lipinski definition) is 4. The zero-order valence-electron chi connectivity index (χ0n) is 18.1. The third kappa shape index (κ3) is 5.36. The Morgan fingerprint density at radius 3 is 2.44 bits per heavy atom. The Morgan fingerprint density at radius 2 is 1.79 bits per heavy atom. The molecule has 3 aromatic carbocycles. The first-order valence-electron chi connectivity index (χ1n) is 10.4. The van der Waals surface area contributed by atoms with E-state index in [0.29, 0.717) is 17.1 Å². The topological polar surface area (TPSA) is 58.6 Å². The number of carbonyl (C=O) groups is 2. The third-order valence-corrected chi connectivity index (χ3v) is 6.53. The predicted octanol–water partition coefficient (Wildman–Crippen LogP) is 5.67. The van der Waals surface area contributed by atoms with Crippen LogP contribution in [-0.4, -0.2) is 24.7 Å². The summed E-state index contributed by atoms with van der Waals surface area (Å²) in [5.41, 5.74) is 1.79. The van der Waals surface area contributed by atoms with Crippen molar-refractivity contribution >= 4 is 35.0 Å². The Kier molecular flexibility index (Phi) is 6.83. The fraction of sp³-hybridized carbons (Fsp3) is 0.200. The maximum absolute atomic E-state index is 12.9. The van der Waals surface area contributed by atoms with Gasteiger partial charge < -0.3 is 10.1 Å². The Balaban J connectivity index is 1.49. The Labute approximate surface area is 198 Å². The number of halogens is 3. The minimum absolute atomic E-state index is 0.183. The summed E-state index contributed by atoms with van der Waals surface area (Å²) in [5, 5.41) is 2.45. The van der Waals surface area contributed by atoms with Crippen LogP contribution < -0.4 is 15.0 Å². The highest BCUT2D eigenvalue weighted by molar-refractivity contribution is 8.00. The number of anilines is 2. The molecule has 1 saturated heterocycles. The number of rotatable bonds is 6. The quantitative estimate of drug-likeness (QED) is 0.488. The van der Waals surface area contributed by atoms with E-state index in [-0.39, 0.29) is 24.0 Å². The van der Waals surface area contributed by atoms with Crippen molar-refractivity contribution in [2.75, 3.05) is 23.1 Å². The van der Waals surface area contributed by atoms with Crippen LogP contribution in [0.3, 0.4) is 0 Å². The number of nitrogens with zero attached hydrogens (tertiary/aromatic N) is 1. The van der Waals surface area contributed by atoms with Crippen LogP contribution in [0.15, 0.2) is 72.8 Å². The van der Waals surface area contributed by atoms with Crippen molar-refractivity contribution in [1.82, 2.24) is 0 Å². The van der Waals surface area contributed by atoms with Crippen molar-refractivity contribution in [1.29, 1.82) is 0 Å². The van der Waals surface area contributed by atoms with E-state index < -0.39 is 17.1 Å². The Bertz CT molecular complexity index is 1180. The van der Waals surface area contributed by atoms with Crippen LogP contribution in [0.5, 0.6) is 5.75 Å². The maximum atomic E-state index is 12.9. The highest BCUT2D eigenvalue weighted by atomic mass is 32.2. The molecule has 0 aliphatic carbocycles. The molecule has 0 spiro atoms. The number of alkyl halides is 3. The van der Waals surface area contributed by atoms with E-state index in [4.69, 9.17) is 4.74 Å². The SMILES string of the molecule is COc1ccc(CC(=O)Nc2cccc([C@@H]3SCC(=O)N3c3ccc(C(F)(F)F)cc3)c2)cc1. The van der Waals surface area contributed by atoms with Crippen molar-refractivity contribution in [3.05, 3.63) is 89.5 Å². The fourth-order valence-corrected chi connectivity index (χ4v) is 4.83. The van der Waals surface area contributed by atoms with Crippen LogP contribution >= 0.6 is 11.8 Å². The van der Waals surface area contributed by atoms with Gasteiger partial charge in [0.25, 0.3) is 0 Å². The van der Waals surface area contributed by atoms with E-state index in [2.05, 4.69) is 5.32 Å². The molecule has 1 fully saturated rings. The predicted molar refractivity (Wildman–Crippen MR) is 126 cm³/mol. The summed E-state index contributed by atoms with van der Waals surface area (Å²) < 4.78 is 43.9. The molecule has 1 heterocycles. The van der Waals surface area contributed by atoms with Gasteiger partial charge in [-0.05, 0) is 59.7 Å². The zero-order chi connectivity index (χ0) is 24.3. The summed E-state index contributed by atoms with van der Waals surface area (Å²) in [4.78, 5) is 26.6. The van der Waals surface area contributed by atoms with Crippen LogP contribution in [0.2, 0.25) is 0 Å². The fourth-order valence-electron chi connectivity index (χ4n) is 3.66. The van der Waals surface area contributed by atoms with Gasteiger partial charge in [0.05, 0.1) is 24.8 Å². The second kappa shape index (κ2) is 9.80. The summed E-state index contributed by atoms with van der Waals surface area (Å²) in [6.45, 7) is 0. The van der Waals surface area contributed by atoms with Gasteiger partial charge in [0, 0.05) is 11.4 Å². The summed E-state index contributed by atoms with van der Waals surface area (Å²) >= 11 is 1.38. The van der Waals surface area contributed by atoms with Gasteiger partial charge in [0.15, 0.2) is 0 Å².